The molecule has 236 valence electrons. The first kappa shape index (κ1) is 28.6. The summed E-state index contributed by atoms with van der Waals surface area (Å²) in [5.74, 6) is -0.794. The summed E-state index contributed by atoms with van der Waals surface area (Å²) in [6.45, 7) is 4.37. The number of benzene rings is 2. The van der Waals surface area contributed by atoms with Crippen molar-refractivity contribution in [3.8, 4) is 28.9 Å². The summed E-state index contributed by atoms with van der Waals surface area (Å²) in [4.78, 5) is 18.1. The summed E-state index contributed by atoms with van der Waals surface area (Å²) in [5, 5.41) is 11.9. The minimum Gasteiger partial charge on any atom is -0.508 e. The van der Waals surface area contributed by atoms with E-state index >= 15 is 8.78 Å². The number of pyridine rings is 1. The van der Waals surface area contributed by atoms with Crippen LogP contribution < -0.4 is 14.4 Å². The summed E-state index contributed by atoms with van der Waals surface area (Å²) in [7, 11) is 1.89. The molecule has 2 aromatic heterocycles. The maximum atomic E-state index is 17.0. The Morgan fingerprint density at radius 1 is 1.11 bits per heavy atom. The highest BCUT2D eigenvalue weighted by Crippen LogP contribution is 2.46. The van der Waals surface area contributed by atoms with Crippen molar-refractivity contribution in [2.45, 2.75) is 56.3 Å². The zero-order valence-corrected chi connectivity index (χ0v) is 25.2. The number of hydrogen-bond acceptors (Lipinski definition) is 9. The van der Waals surface area contributed by atoms with Crippen LogP contribution in [0, 0.1) is 11.6 Å². The van der Waals surface area contributed by atoms with Crippen molar-refractivity contribution in [3.05, 3.63) is 41.5 Å². The first-order valence-electron chi connectivity index (χ1n) is 15.5. The number of hydrogen-bond donors (Lipinski definition) is 1. The maximum Gasteiger partial charge on any atom is 0.319 e. The summed E-state index contributed by atoms with van der Waals surface area (Å²) in [5.41, 5.74) is -0.446. The number of aromatic hydroxyl groups is 1. The second-order valence-corrected chi connectivity index (χ2v) is 12.8. The average molecular weight is 622 g/mol. The molecule has 6 heterocycles. The number of anilines is 1. The van der Waals surface area contributed by atoms with Gasteiger partial charge in [0.1, 0.15) is 46.8 Å². The fourth-order valence-corrected chi connectivity index (χ4v) is 7.78. The van der Waals surface area contributed by atoms with Gasteiger partial charge in [0.2, 0.25) is 5.88 Å². The number of phenols is 1. The van der Waals surface area contributed by atoms with Crippen molar-refractivity contribution in [2.24, 2.45) is 0 Å². The Labute approximate surface area is 257 Å². The lowest BCUT2D eigenvalue weighted by Gasteiger charge is -2.49. The summed E-state index contributed by atoms with van der Waals surface area (Å²) < 4.78 is 64.5. The molecule has 0 radical (unpaired) electrons. The predicted molar refractivity (Wildman–Crippen MR) is 162 cm³/mol. The standard InChI is InChI=1S/C33H34F3N5O4/c1-3-21-23(35)6-5-18-11-20(42)12-22(24(18)21)27-26(36)28-25-29(40(2)33(15-43-16-33)8-10-44-30(25)37-27)39-31(38-28)45-17-32-7-4-9-41(32)14-19(34)13-32/h5-6,11-12,19,42H,3-4,7-10,13-17H2,1-2H3/t19-,32+/m1/s1. The Morgan fingerprint density at radius 2 is 1.96 bits per heavy atom. The molecule has 4 aliphatic rings. The van der Waals surface area contributed by atoms with Crippen molar-refractivity contribution in [1.82, 2.24) is 19.9 Å². The number of nitrogens with zero attached hydrogens (tertiary/aromatic N) is 5. The van der Waals surface area contributed by atoms with Gasteiger partial charge in [-0.1, -0.05) is 13.0 Å². The first-order valence-corrected chi connectivity index (χ1v) is 15.5. The van der Waals surface area contributed by atoms with E-state index in [-0.39, 0.29) is 53.0 Å². The van der Waals surface area contributed by atoms with E-state index in [1.807, 2.05) is 18.9 Å². The minimum absolute atomic E-state index is 0.0353. The van der Waals surface area contributed by atoms with E-state index in [1.54, 1.807) is 6.07 Å². The van der Waals surface area contributed by atoms with Crippen molar-refractivity contribution < 1.29 is 32.5 Å². The number of aryl methyl sites for hydroxylation is 1. The monoisotopic (exact) mass is 621 g/mol. The number of rotatable bonds is 5. The molecule has 0 aliphatic carbocycles. The van der Waals surface area contributed by atoms with Gasteiger partial charge in [-0.2, -0.15) is 9.97 Å². The molecule has 2 atom stereocenters. The fourth-order valence-electron chi connectivity index (χ4n) is 7.78. The molecule has 0 saturated carbocycles. The third kappa shape index (κ3) is 4.32. The largest absolute Gasteiger partial charge is 0.508 e. The molecular weight excluding hydrogens is 587 g/mol. The van der Waals surface area contributed by atoms with Gasteiger partial charge in [0.25, 0.3) is 0 Å². The van der Waals surface area contributed by atoms with Gasteiger partial charge < -0.3 is 24.2 Å². The van der Waals surface area contributed by atoms with Gasteiger partial charge in [-0.05, 0) is 60.3 Å². The van der Waals surface area contributed by atoms with Gasteiger partial charge >= 0.3 is 6.01 Å². The van der Waals surface area contributed by atoms with Crippen LogP contribution in [0.4, 0.5) is 19.0 Å². The van der Waals surface area contributed by atoms with Gasteiger partial charge in [-0.25, -0.2) is 18.2 Å². The topological polar surface area (TPSA) is 93.1 Å². The first-order chi connectivity index (χ1) is 21.7. The molecule has 0 amide bonds. The van der Waals surface area contributed by atoms with Crippen molar-refractivity contribution in [1.29, 1.82) is 0 Å². The molecule has 9 nitrogen and oxygen atoms in total. The van der Waals surface area contributed by atoms with E-state index < -0.39 is 28.9 Å². The number of likely N-dealkylation sites (N-methyl/N-ethyl adjacent to an activating group) is 1. The molecule has 0 unspecified atom stereocenters. The highest BCUT2D eigenvalue weighted by atomic mass is 19.1. The van der Waals surface area contributed by atoms with Crippen LogP contribution >= 0.6 is 0 Å². The van der Waals surface area contributed by atoms with Crippen molar-refractivity contribution in [2.75, 3.05) is 51.5 Å². The molecule has 2 aromatic carbocycles. The zero-order chi connectivity index (χ0) is 31.1. The van der Waals surface area contributed by atoms with Gasteiger partial charge in [-0.15, -0.1) is 0 Å². The molecule has 4 aromatic rings. The molecule has 3 saturated heterocycles. The van der Waals surface area contributed by atoms with Crippen LogP contribution in [0.1, 0.15) is 38.2 Å². The molecule has 0 bridgehead atoms. The van der Waals surface area contributed by atoms with E-state index in [9.17, 15) is 9.50 Å². The Morgan fingerprint density at radius 3 is 2.73 bits per heavy atom. The summed E-state index contributed by atoms with van der Waals surface area (Å²) in [6, 6.07) is 5.77. The maximum absolute atomic E-state index is 17.0. The molecule has 1 spiro atoms. The minimum atomic E-state index is -0.926. The second-order valence-electron chi connectivity index (χ2n) is 12.8. The van der Waals surface area contributed by atoms with Crippen LogP contribution in [0.15, 0.2) is 24.3 Å². The smallest absolute Gasteiger partial charge is 0.319 e. The Bertz CT molecular complexity index is 1850. The van der Waals surface area contributed by atoms with E-state index in [2.05, 4.69) is 14.9 Å². The Balaban J connectivity index is 1.34. The molecule has 1 N–H and O–H groups in total. The quantitative estimate of drug-likeness (QED) is 0.317. The van der Waals surface area contributed by atoms with E-state index in [4.69, 9.17) is 19.2 Å². The van der Waals surface area contributed by atoms with Crippen LogP contribution in [-0.4, -0.2) is 88.8 Å². The van der Waals surface area contributed by atoms with Crippen LogP contribution in [0.2, 0.25) is 0 Å². The van der Waals surface area contributed by atoms with Crippen LogP contribution in [0.5, 0.6) is 17.6 Å². The third-order valence-corrected chi connectivity index (χ3v) is 10.3. The normalized spacial score (nSPS) is 24.0. The van der Waals surface area contributed by atoms with Crippen LogP contribution in [0.3, 0.4) is 0 Å². The van der Waals surface area contributed by atoms with Crippen LogP contribution in [-0.2, 0) is 11.2 Å². The third-order valence-electron chi connectivity index (χ3n) is 10.3. The fraction of sp³-hybridized carbons (Fsp3) is 0.485. The number of halogens is 3. The van der Waals surface area contributed by atoms with E-state index in [0.717, 1.165) is 19.4 Å². The number of fused-ring (bicyclic) bond motifs is 2. The molecule has 12 heteroatoms. The van der Waals surface area contributed by atoms with Gasteiger partial charge in [0.15, 0.2) is 5.82 Å². The van der Waals surface area contributed by atoms with Gasteiger partial charge in [0.05, 0.1) is 30.9 Å². The van der Waals surface area contributed by atoms with Crippen molar-refractivity contribution >= 4 is 27.5 Å². The SMILES string of the molecule is CCc1c(F)ccc2cc(O)cc(-c3nc4c5c(nc(OC[C@@]67CCCN6C[C@H](F)C7)nc5c3F)N(C)C3(CCO4)COC3)c12. The van der Waals surface area contributed by atoms with E-state index in [1.165, 1.54) is 18.2 Å². The lowest BCUT2D eigenvalue weighted by molar-refractivity contribution is -0.0646. The molecule has 3 fully saturated rings. The van der Waals surface area contributed by atoms with Crippen LogP contribution in [0.25, 0.3) is 32.9 Å². The lowest BCUT2D eigenvalue weighted by atomic mass is 9.90. The summed E-state index contributed by atoms with van der Waals surface area (Å²) >= 11 is 0. The average Bonchev–Trinajstić information content (AvgIpc) is 3.52. The number of ether oxygens (including phenoxy) is 3. The molecular formula is C33H34F3N5O4. The number of aromatic nitrogens is 3. The van der Waals surface area contributed by atoms with E-state index in [0.29, 0.717) is 61.2 Å². The van der Waals surface area contributed by atoms with Crippen molar-refractivity contribution in [3.63, 3.8) is 0 Å². The molecule has 45 heavy (non-hydrogen) atoms. The number of alkyl halides is 1. The lowest BCUT2D eigenvalue weighted by Crippen LogP contribution is -2.62. The van der Waals surface area contributed by atoms with Gasteiger partial charge in [0, 0.05) is 32.0 Å². The Kier molecular flexibility index (Phi) is 6.55. The van der Waals surface area contributed by atoms with Gasteiger partial charge in [-0.3, -0.25) is 4.90 Å². The predicted octanol–water partition coefficient (Wildman–Crippen LogP) is 5.33. The summed E-state index contributed by atoms with van der Waals surface area (Å²) in [6.07, 6.45) is 2.15. The Hall–Kier alpha value is -3.90. The molecule has 4 aliphatic heterocycles. The zero-order valence-electron chi connectivity index (χ0n) is 25.2. The highest BCUT2D eigenvalue weighted by Gasteiger charge is 2.50. The highest BCUT2D eigenvalue weighted by molar-refractivity contribution is 6.03. The number of phenolic OH excluding ortho intramolecular Hbond substituents is 1. The molecule has 8 rings (SSSR count). The second kappa shape index (κ2) is 10.3.